The van der Waals surface area contributed by atoms with Crippen LogP contribution in [-0.4, -0.2) is 88.3 Å². The van der Waals surface area contributed by atoms with E-state index in [2.05, 4.69) is 0 Å². The summed E-state index contributed by atoms with van der Waals surface area (Å²) in [5.74, 6) is -0.444. The lowest BCUT2D eigenvalue weighted by molar-refractivity contribution is -0.143. The highest BCUT2D eigenvalue weighted by atomic mass is 16.5. The highest BCUT2D eigenvalue weighted by Gasteiger charge is 2.21. The molecule has 0 spiro atoms. The van der Waals surface area contributed by atoms with E-state index in [4.69, 9.17) is 18.9 Å². The van der Waals surface area contributed by atoms with E-state index in [9.17, 15) is 14.4 Å². The quantitative estimate of drug-likeness (QED) is 0.623. The molecule has 1 saturated heterocycles. The van der Waals surface area contributed by atoms with E-state index < -0.39 is 18.5 Å². The van der Waals surface area contributed by atoms with Crippen molar-refractivity contribution >= 4 is 17.8 Å². The Morgan fingerprint density at radius 2 is 1.78 bits per heavy atom. The van der Waals surface area contributed by atoms with Crippen LogP contribution in [-0.2, 0) is 19.1 Å². The third-order valence-corrected chi connectivity index (χ3v) is 4.11. The molecule has 9 heteroatoms. The number of esters is 1. The van der Waals surface area contributed by atoms with Gasteiger partial charge < -0.3 is 28.7 Å². The van der Waals surface area contributed by atoms with Gasteiger partial charge in [-0.15, -0.1) is 0 Å². The predicted octanol–water partition coefficient (Wildman–Crippen LogP) is 0.178. The summed E-state index contributed by atoms with van der Waals surface area (Å²) >= 11 is 0. The first-order valence-corrected chi connectivity index (χ1v) is 8.45. The van der Waals surface area contributed by atoms with E-state index in [0.717, 1.165) is 0 Å². The highest BCUT2D eigenvalue weighted by Crippen LogP contribution is 2.27. The average molecular weight is 380 g/mol. The van der Waals surface area contributed by atoms with Crippen molar-refractivity contribution in [2.45, 2.75) is 0 Å². The van der Waals surface area contributed by atoms with Crippen molar-refractivity contribution in [3.05, 3.63) is 23.8 Å². The second kappa shape index (κ2) is 9.77. The molecule has 1 aliphatic heterocycles. The maximum atomic E-state index is 12.1. The maximum Gasteiger partial charge on any atom is 0.338 e. The molecule has 148 valence electrons. The molecule has 0 aromatic heterocycles. The number of nitrogens with zero attached hydrogens (tertiary/aromatic N) is 2. The highest BCUT2D eigenvalue weighted by molar-refractivity contribution is 5.92. The van der Waals surface area contributed by atoms with Gasteiger partial charge in [-0.1, -0.05) is 0 Å². The number of amides is 2. The van der Waals surface area contributed by atoms with Crippen LogP contribution in [0.1, 0.15) is 10.4 Å². The zero-order chi connectivity index (χ0) is 19.8. The number of carbonyl (C=O) groups is 3. The molecule has 27 heavy (non-hydrogen) atoms. The van der Waals surface area contributed by atoms with Gasteiger partial charge in [-0.2, -0.15) is 0 Å². The van der Waals surface area contributed by atoms with Crippen LogP contribution in [0.2, 0.25) is 0 Å². The van der Waals surface area contributed by atoms with Gasteiger partial charge in [0.25, 0.3) is 5.91 Å². The lowest BCUT2D eigenvalue weighted by atomic mass is 10.2. The number of methoxy groups -OCH3 is 2. The number of benzene rings is 1. The van der Waals surface area contributed by atoms with Crippen LogP contribution in [0, 0.1) is 0 Å². The first-order chi connectivity index (χ1) is 13.0. The molecule has 0 aliphatic carbocycles. The Balaban J connectivity index is 1.84. The van der Waals surface area contributed by atoms with Crippen LogP contribution in [0.3, 0.4) is 0 Å². The molecule has 0 N–H and O–H groups in total. The SMILES string of the molecule is COc1ccc(C(=O)OCC(=O)N(C)CC(=O)N2CCOCC2)cc1OC. The molecule has 1 fully saturated rings. The zero-order valence-corrected chi connectivity index (χ0v) is 15.7. The van der Waals surface area contributed by atoms with Crippen LogP contribution in [0.4, 0.5) is 0 Å². The Morgan fingerprint density at radius 1 is 1.11 bits per heavy atom. The second-order valence-corrected chi connectivity index (χ2v) is 5.89. The fourth-order valence-electron chi connectivity index (χ4n) is 2.49. The molecule has 2 amide bonds. The van der Waals surface area contributed by atoms with Gasteiger partial charge in [0.05, 0.1) is 39.5 Å². The van der Waals surface area contributed by atoms with Gasteiger partial charge in [0.1, 0.15) is 0 Å². The van der Waals surface area contributed by atoms with E-state index in [-0.39, 0.29) is 18.0 Å². The van der Waals surface area contributed by atoms with E-state index in [1.165, 1.54) is 38.3 Å². The number of carbonyl (C=O) groups excluding carboxylic acids is 3. The van der Waals surface area contributed by atoms with Crippen LogP contribution in [0.25, 0.3) is 0 Å². The third kappa shape index (κ3) is 5.58. The number of morpholine rings is 1. The van der Waals surface area contributed by atoms with E-state index in [0.29, 0.717) is 37.8 Å². The molecule has 1 aromatic rings. The molecule has 1 aliphatic rings. The van der Waals surface area contributed by atoms with Crippen LogP contribution < -0.4 is 9.47 Å². The zero-order valence-electron chi connectivity index (χ0n) is 15.7. The van der Waals surface area contributed by atoms with Gasteiger partial charge in [0, 0.05) is 20.1 Å². The van der Waals surface area contributed by atoms with Crippen molar-refractivity contribution in [1.82, 2.24) is 9.80 Å². The molecule has 0 atom stereocenters. The maximum absolute atomic E-state index is 12.1. The topological polar surface area (TPSA) is 94.6 Å². The van der Waals surface area contributed by atoms with Gasteiger partial charge >= 0.3 is 5.97 Å². The van der Waals surface area contributed by atoms with Crippen molar-refractivity contribution < 1.29 is 33.3 Å². The van der Waals surface area contributed by atoms with Crippen molar-refractivity contribution in [1.29, 1.82) is 0 Å². The second-order valence-electron chi connectivity index (χ2n) is 5.89. The number of rotatable bonds is 7. The van der Waals surface area contributed by atoms with Crippen LogP contribution in [0.15, 0.2) is 18.2 Å². The van der Waals surface area contributed by atoms with E-state index in [1.807, 2.05) is 0 Å². The average Bonchev–Trinajstić information content (AvgIpc) is 2.71. The monoisotopic (exact) mass is 380 g/mol. The summed E-state index contributed by atoms with van der Waals surface area (Å²) in [6.45, 7) is 1.47. The summed E-state index contributed by atoms with van der Waals surface area (Å²) < 4.78 is 20.5. The normalized spacial score (nSPS) is 13.7. The molecule has 1 aromatic carbocycles. The molecular weight excluding hydrogens is 356 g/mol. The first-order valence-electron chi connectivity index (χ1n) is 8.45. The van der Waals surface area contributed by atoms with Gasteiger partial charge in [-0.25, -0.2) is 4.79 Å². The van der Waals surface area contributed by atoms with Crippen molar-refractivity contribution in [2.24, 2.45) is 0 Å². The van der Waals surface area contributed by atoms with Gasteiger partial charge in [0.2, 0.25) is 5.91 Å². The Hall–Kier alpha value is -2.81. The van der Waals surface area contributed by atoms with Crippen molar-refractivity contribution in [3.63, 3.8) is 0 Å². The Morgan fingerprint density at radius 3 is 2.41 bits per heavy atom. The number of hydrogen-bond donors (Lipinski definition) is 0. The summed E-state index contributed by atoms with van der Waals surface area (Å²) in [7, 11) is 4.43. The summed E-state index contributed by atoms with van der Waals surface area (Å²) in [6.07, 6.45) is 0. The molecule has 0 saturated carbocycles. The van der Waals surface area contributed by atoms with Crippen LogP contribution in [0.5, 0.6) is 11.5 Å². The Bertz CT molecular complexity index is 686. The molecule has 2 rings (SSSR count). The lowest BCUT2D eigenvalue weighted by Gasteiger charge is -2.28. The number of hydrogen-bond acceptors (Lipinski definition) is 7. The molecule has 1 heterocycles. The van der Waals surface area contributed by atoms with Gasteiger partial charge in [-0.3, -0.25) is 9.59 Å². The Kier molecular flexibility index (Phi) is 7.42. The largest absolute Gasteiger partial charge is 0.493 e. The molecular formula is C18H24N2O7. The van der Waals surface area contributed by atoms with Crippen molar-refractivity contribution in [3.8, 4) is 11.5 Å². The van der Waals surface area contributed by atoms with Crippen molar-refractivity contribution in [2.75, 3.05) is 60.7 Å². The lowest BCUT2D eigenvalue weighted by Crippen LogP contribution is -2.46. The standard InChI is InChI=1S/C18H24N2O7/c1-19(11-16(21)20-6-8-26-9-7-20)17(22)12-27-18(23)13-4-5-14(24-2)15(10-13)25-3/h4-5,10H,6-9,11-12H2,1-3H3. The third-order valence-electron chi connectivity index (χ3n) is 4.11. The molecule has 0 bridgehead atoms. The molecule has 9 nitrogen and oxygen atoms in total. The van der Waals surface area contributed by atoms with Crippen LogP contribution >= 0.6 is 0 Å². The summed E-state index contributed by atoms with van der Waals surface area (Å²) in [4.78, 5) is 39.3. The number of likely N-dealkylation sites (N-methyl/N-ethyl adjacent to an activating group) is 1. The minimum Gasteiger partial charge on any atom is -0.493 e. The van der Waals surface area contributed by atoms with E-state index in [1.54, 1.807) is 11.0 Å². The summed E-state index contributed by atoms with van der Waals surface area (Å²) in [6, 6.07) is 4.56. The molecule has 0 unspecified atom stereocenters. The predicted molar refractivity (Wildman–Crippen MR) is 94.9 cm³/mol. The first kappa shape index (κ1) is 20.5. The fraction of sp³-hybridized carbons (Fsp3) is 0.500. The Labute approximate surface area is 157 Å². The fourth-order valence-corrected chi connectivity index (χ4v) is 2.49. The van der Waals surface area contributed by atoms with Gasteiger partial charge in [-0.05, 0) is 18.2 Å². The summed E-state index contributed by atoms with van der Waals surface area (Å²) in [5, 5.41) is 0. The molecule has 0 radical (unpaired) electrons. The van der Waals surface area contributed by atoms with Gasteiger partial charge in [0.15, 0.2) is 18.1 Å². The smallest absolute Gasteiger partial charge is 0.338 e. The number of ether oxygens (including phenoxy) is 4. The minimum atomic E-state index is -0.669. The van der Waals surface area contributed by atoms with E-state index >= 15 is 0 Å². The summed E-state index contributed by atoms with van der Waals surface area (Å²) in [5.41, 5.74) is 0.229. The minimum absolute atomic E-state index is 0.0766.